The van der Waals surface area contributed by atoms with Gasteiger partial charge >= 0.3 is 0 Å². The summed E-state index contributed by atoms with van der Waals surface area (Å²) in [5, 5.41) is 3.01. The van der Waals surface area contributed by atoms with Crippen molar-refractivity contribution >= 4 is 5.91 Å². The Hall–Kier alpha value is -1.75. The lowest BCUT2D eigenvalue weighted by Crippen LogP contribution is -2.42. The van der Waals surface area contributed by atoms with Crippen LogP contribution in [0.15, 0.2) is 24.3 Å². The quantitative estimate of drug-likeness (QED) is 0.721. The van der Waals surface area contributed by atoms with Crippen LogP contribution in [-0.4, -0.2) is 32.2 Å². The fourth-order valence-electron chi connectivity index (χ4n) is 1.62. The van der Waals surface area contributed by atoms with Gasteiger partial charge in [0.25, 0.3) is 0 Å². The Bertz CT molecular complexity index is 382. The van der Waals surface area contributed by atoms with Gasteiger partial charge in [-0.3, -0.25) is 4.79 Å². The molecular weight excluding hydrogens is 232 g/mol. The molecule has 0 bridgehead atoms. The minimum atomic E-state index is -0.361. The molecule has 5 nitrogen and oxygen atoms in total. The zero-order valence-electron chi connectivity index (χ0n) is 10.8. The number of ether oxygens (including phenoxy) is 2. The van der Waals surface area contributed by atoms with Crippen molar-refractivity contribution in [2.75, 3.05) is 20.3 Å². The van der Waals surface area contributed by atoms with Crippen LogP contribution in [0, 0.1) is 0 Å². The molecule has 0 saturated heterocycles. The lowest BCUT2D eigenvalue weighted by molar-refractivity contribution is -0.120. The lowest BCUT2D eigenvalue weighted by Gasteiger charge is -2.15. The second-order valence-electron chi connectivity index (χ2n) is 3.80. The van der Waals surface area contributed by atoms with E-state index in [-0.39, 0.29) is 11.9 Å². The number of para-hydroxylation sites is 2. The van der Waals surface area contributed by atoms with E-state index in [9.17, 15) is 4.79 Å². The van der Waals surface area contributed by atoms with Crippen molar-refractivity contribution in [3.8, 4) is 11.5 Å². The van der Waals surface area contributed by atoms with E-state index in [1.54, 1.807) is 7.11 Å². The monoisotopic (exact) mass is 252 g/mol. The van der Waals surface area contributed by atoms with Crippen LogP contribution in [0.25, 0.3) is 0 Å². The summed E-state index contributed by atoms with van der Waals surface area (Å²) in [6.07, 6.45) is 0.529. The highest BCUT2D eigenvalue weighted by atomic mass is 16.5. The van der Waals surface area contributed by atoms with E-state index in [4.69, 9.17) is 15.2 Å². The second-order valence-corrected chi connectivity index (χ2v) is 3.80. The Labute approximate surface area is 107 Å². The molecule has 0 aromatic heterocycles. The molecule has 5 heteroatoms. The molecule has 1 rings (SSSR count). The van der Waals surface area contributed by atoms with Gasteiger partial charge in [-0.05, 0) is 18.7 Å². The number of carbonyl (C=O) groups excluding carboxylic acids is 1. The minimum absolute atomic E-state index is 0.357. The molecule has 0 aliphatic rings. The fourth-order valence-corrected chi connectivity index (χ4v) is 1.62. The third-order valence-corrected chi connectivity index (χ3v) is 2.53. The number of methoxy groups -OCH3 is 1. The molecule has 1 amide bonds. The molecule has 1 aromatic rings. The molecule has 100 valence electrons. The summed E-state index contributed by atoms with van der Waals surface area (Å²) in [6, 6.07) is 7.03. The molecule has 0 saturated carbocycles. The number of nitrogens with two attached hydrogens (primary N) is 1. The first kappa shape index (κ1) is 14.3. The van der Waals surface area contributed by atoms with Gasteiger partial charge in [-0.1, -0.05) is 19.1 Å². The Morgan fingerprint density at radius 3 is 2.61 bits per heavy atom. The summed E-state index contributed by atoms with van der Waals surface area (Å²) in [6.45, 7) is 3.03. The van der Waals surface area contributed by atoms with E-state index in [1.165, 1.54) is 0 Å². The topological polar surface area (TPSA) is 73.6 Å². The molecule has 3 N–H and O–H groups in total. The maximum atomic E-state index is 11.1. The Morgan fingerprint density at radius 1 is 1.39 bits per heavy atom. The predicted molar refractivity (Wildman–Crippen MR) is 69.8 cm³/mol. The summed E-state index contributed by atoms with van der Waals surface area (Å²) in [5.74, 6) is 0.983. The molecule has 0 aliphatic heterocycles. The molecule has 1 unspecified atom stereocenters. The molecule has 0 spiro atoms. The molecule has 0 heterocycles. The molecule has 1 aromatic carbocycles. The number of nitrogens with one attached hydrogen (secondary N) is 1. The normalized spacial score (nSPS) is 11.9. The third-order valence-electron chi connectivity index (χ3n) is 2.53. The standard InChI is InChI=1S/C13H20N2O3/c1-3-15-10(13(14)16)8-9-18-12-7-5-4-6-11(12)17-2/h4-7,10,15H,3,8-9H2,1-2H3,(H2,14,16). The number of hydrogen-bond acceptors (Lipinski definition) is 4. The lowest BCUT2D eigenvalue weighted by atomic mass is 10.2. The zero-order chi connectivity index (χ0) is 13.4. The Balaban J connectivity index is 2.47. The predicted octanol–water partition coefficient (Wildman–Crippen LogP) is 0.927. The summed E-state index contributed by atoms with van der Waals surface area (Å²) in [5.41, 5.74) is 5.28. The van der Waals surface area contributed by atoms with Crippen LogP contribution in [0.4, 0.5) is 0 Å². The van der Waals surface area contributed by atoms with Crippen molar-refractivity contribution < 1.29 is 14.3 Å². The fraction of sp³-hybridized carbons (Fsp3) is 0.462. The summed E-state index contributed by atoms with van der Waals surface area (Å²) < 4.78 is 10.7. The van der Waals surface area contributed by atoms with E-state index in [0.717, 1.165) is 0 Å². The van der Waals surface area contributed by atoms with Crippen molar-refractivity contribution in [1.29, 1.82) is 0 Å². The van der Waals surface area contributed by atoms with E-state index < -0.39 is 0 Å². The number of likely N-dealkylation sites (N-methyl/N-ethyl adjacent to an activating group) is 1. The van der Waals surface area contributed by atoms with Gasteiger partial charge in [0.2, 0.25) is 5.91 Å². The van der Waals surface area contributed by atoms with Crippen LogP contribution in [0.5, 0.6) is 11.5 Å². The van der Waals surface area contributed by atoms with Crippen molar-refractivity contribution in [2.45, 2.75) is 19.4 Å². The number of hydrogen-bond donors (Lipinski definition) is 2. The first-order valence-electron chi connectivity index (χ1n) is 5.97. The van der Waals surface area contributed by atoms with Crippen molar-refractivity contribution in [1.82, 2.24) is 5.32 Å². The summed E-state index contributed by atoms with van der Waals surface area (Å²) in [7, 11) is 1.59. The van der Waals surface area contributed by atoms with E-state index in [2.05, 4.69) is 5.32 Å². The van der Waals surface area contributed by atoms with Crippen LogP contribution >= 0.6 is 0 Å². The average Bonchev–Trinajstić information content (AvgIpc) is 2.38. The molecule has 1 atom stereocenters. The zero-order valence-corrected chi connectivity index (χ0v) is 10.8. The molecule has 0 aliphatic carbocycles. The van der Waals surface area contributed by atoms with Crippen LogP contribution in [-0.2, 0) is 4.79 Å². The van der Waals surface area contributed by atoms with Crippen molar-refractivity contribution in [3.63, 3.8) is 0 Å². The van der Waals surface area contributed by atoms with Crippen LogP contribution in [0.3, 0.4) is 0 Å². The minimum Gasteiger partial charge on any atom is -0.493 e. The van der Waals surface area contributed by atoms with Gasteiger partial charge in [0.15, 0.2) is 11.5 Å². The number of amides is 1. The van der Waals surface area contributed by atoms with Crippen LogP contribution < -0.4 is 20.5 Å². The maximum absolute atomic E-state index is 11.1. The van der Waals surface area contributed by atoms with Crippen LogP contribution in [0.2, 0.25) is 0 Å². The Morgan fingerprint density at radius 2 is 2.06 bits per heavy atom. The van der Waals surface area contributed by atoms with Gasteiger partial charge in [-0.25, -0.2) is 0 Å². The largest absolute Gasteiger partial charge is 0.493 e. The van der Waals surface area contributed by atoms with Gasteiger partial charge in [-0.15, -0.1) is 0 Å². The second kappa shape index (κ2) is 7.55. The molecule has 18 heavy (non-hydrogen) atoms. The van der Waals surface area contributed by atoms with Gasteiger partial charge in [0.1, 0.15) is 0 Å². The first-order valence-corrected chi connectivity index (χ1v) is 5.97. The summed E-state index contributed by atoms with van der Waals surface area (Å²) in [4.78, 5) is 11.1. The van der Waals surface area contributed by atoms with E-state index in [0.29, 0.717) is 31.1 Å². The number of rotatable bonds is 8. The number of benzene rings is 1. The van der Waals surface area contributed by atoms with Crippen molar-refractivity contribution in [2.24, 2.45) is 5.73 Å². The maximum Gasteiger partial charge on any atom is 0.234 e. The average molecular weight is 252 g/mol. The smallest absolute Gasteiger partial charge is 0.234 e. The van der Waals surface area contributed by atoms with Gasteiger partial charge in [-0.2, -0.15) is 0 Å². The van der Waals surface area contributed by atoms with E-state index in [1.807, 2.05) is 31.2 Å². The highest BCUT2D eigenvalue weighted by molar-refractivity contribution is 5.79. The molecule has 0 fully saturated rings. The third kappa shape index (κ3) is 4.25. The Kier molecular flexibility index (Phi) is 6.00. The number of primary amides is 1. The van der Waals surface area contributed by atoms with E-state index >= 15 is 0 Å². The number of carbonyl (C=O) groups is 1. The molecular formula is C13H20N2O3. The van der Waals surface area contributed by atoms with Gasteiger partial charge in [0.05, 0.1) is 19.8 Å². The highest BCUT2D eigenvalue weighted by Gasteiger charge is 2.13. The highest BCUT2D eigenvalue weighted by Crippen LogP contribution is 2.25. The van der Waals surface area contributed by atoms with Crippen molar-refractivity contribution in [3.05, 3.63) is 24.3 Å². The van der Waals surface area contributed by atoms with Crippen LogP contribution in [0.1, 0.15) is 13.3 Å². The SMILES string of the molecule is CCNC(CCOc1ccccc1OC)C(N)=O. The van der Waals surface area contributed by atoms with Gasteiger partial charge in [0, 0.05) is 6.42 Å². The molecule has 0 radical (unpaired) electrons. The summed E-state index contributed by atoms with van der Waals surface area (Å²) >= 11 is 0. The van der Waals surface area contributed by atoms with Gasteiger partial charge < -0.3 is 20.5 Å². The first-order chi connectivity index (χ1) is 8.69.